The van der Waals surface area contributed by atoms with Crippen molar-refractivity contribution in [3.05, 3.63) is 134 Å². The Labute approximate surface area is 430 Å². The van der Waals surface area contributed by atoms with E-state index >= 15 is 0 Å². The first-order valence-corrected chi connectivity index (χ1v) is 28.2. The number of allylic oxidation sites excluding steroid dienone is 22. The van der Waals surface area contributed by atoms with Gasteiger partial charge in [-0.15, -0.1) is 0 Å². The Bertz CT molecular complexity index is 1530. The monoisotopic (exact) mass is 967 g/mol. The lowest BCUT2D eigenvalue weighted by atomic mass is 10.1. The molecule has 0 radical (unpaired) electrons. The molecule has 0 spiro atoms. The average molecular weight is 968 g/mol. The maximum Gasteiger partial charge on any atom is 0.306 e. The molecule has 0 saturated heterocycles. The highest BCUT2D eigenvalue weighted by Crippen LogP contribution is 2.13. The second-order valence-corrected chi connectivity index (χ2v) is 18.1. The summed E-state index contributed by atoms with van der Waals surface area (Å²) in [6.45, 7) is 6.30. The normalized spacial score (nSPS) is 13.1. The molecule has 1 atom stereocenters. The van der Waals surface area contributed by atoms with Gasteiger partial charge in [0.15, 0.2) is 6.10 Å². The van der Waals surface area contributed by atoms with Crippen molar-refractivity contribution < 1.29 is 28.6 Å². The standard InChI is InChI=1S/C64H102O6/c1-4-7-10-13-16-19-22-25-27-28-29-30-31-32-33-34-35-36-37-40-42-45-48-51-54-57-63(66)69-60-61(59-68-62(65)56-53-50-47-44-41-38-24-21-18-15-12-9-6-3)70-64(67)58-55-52-49-46-43-39-26-23-20-17-14-11-8-5-2/h7,9-10,12,14,16-19,21,23,25-27,29-30,32-33,35-36,38,41,61H,4-6,8,11,13,15,20,22,24,28,31,34,37,39-40,42-60H2,1-3H3/b10-7-,12-9-,17-14-,19-16-,21-18-,26-23-,27-25-,30-29-,33-32-,36-35-,41-38-. The van der Waals surface area contributed by atoms with E-state index in [0.717, 1.165) is 161 Å². The zero-order valence-electron chi connectivity index (χ0n) is 45.0. The molecule has 0 saturated carbocycles. The third-order valence-corrected chi connectivity index (χ3v) is 11.4. The third kappa shape index (κ3) is 54.5. The maximum absolute atomic E-state index is 12.8. The highest BCUT2D eigenvalue weighted by molar-refractivity contribution is 5.71. The molecule has 0 aliphatic carbocycles. The number of carbonyl (C=O) groups excluding carboxylic acids is 3. The fourth-order valence-electron chi connectivity index (χ4n) is 7.18. The van der Waals surface area contributed by atoms with E-state index in [0.29, 0.717) is 19.3 Å². The summed E-state index contributed by atoms with van der Waals surface area (Å²) in [5.41, 5.74) is 0. The molecule has 0 aromatic carbocycles. The molecule has 0 fully saturated rings. The molecule has 6 heteroatoms. The van der Waals surface area contributed by atoms with E-state index < -0.39 is 6.10 Å². The van der Waals surface area contributed by atoms with Crippen LogP contribution in [0.15, 0.2) is 134 Å². The van der Waals surface area contributed by atoms with Crippen LogP contribution < -0.4 is 0 Å². The van der Waals surface area contributed by atoms with E-state index in [1.54, 1.807) is 0 Å². The van der Waals surface area contributed by atoms with Crippen molar-refractivity contribution in [2.45, 2.75) is 239 Å². The molecular formula is C64H102O6. The van der Waals surface area contributed by atoms with Gasteiger partial charge in [0, 0.05) is 19.3 Å². The number of hydrogen-bond acceptors (Lipinski definition) is 6. The topological polar surface area (TPSA) is 78.9 Å². The number of unbranched alkanes of at least 4 members (excludes halogenated alkanes) is 16. The van der Waals surface area contributed by atoms with Crippen LogP contribution in [0.4, 0.5) is 0 Å². The molecule has 0 amide bonds. The third-order valence-electron chi connectivity index (χ3n) is 11.4. The summed E-state index contributed by atoms with van der Waals surface area (Å²) in [5, 5.41) is 0. The molecule has 6 nitrogen and oxygen atoms in total. The molecule has 0 aliphatic heterocycles. The van der Waals surface area contributed by atoms with Crippen molar-refractivity contribution in [1.29, 1.82) is 0 Å². The smallest absolute Gasteiger partial charge is 0.306 e. The van der Waals surface area contributed by atoms with Crippen molar-refractivity contribution in [2.24, 2.45) is 0 Å². The molecule has 0 aromatic rings. The molecule has 394 valence electrons. The number of ether oxygens (including phenoxy) is 3. The van der Waals surface area contributed by atoms with Crippen LogP contribution >= 0.6 is 0 Å². The molecule has 0 bridgehead atoms. The SMILES string of the molecule is CC/C=C\C/C=C\C/C=C\C/C=C\C/C=C\C/C=C\CCCCCCCCC(=O)OCC(COC(=O)CCCCC/C=C\C/C=C\C/C=C\CC)OC(=O)CCCCCCC/C=C\C/C=C\CCCC. The molecule has 0 aromatic heterocycles. The van der Waals surface area contributed by atoms with Crippen LogP contribution in [0.1, 0.15) is 233 Å². The number of rotatable bonds is 49. The highest BCUT2D eigenvalue weighted by Gasteiger charge is 2.19. The number of carbonyl (C=O) groups is 3. The van der Waals surface area contributed by atoms with Crippen molar-refractivity contribution in [2.75, 3.05) is 13.2 Å². The lowest BCUT2D eigenvalue weighted by molar-refractivity contribution is -0.167. The van der Waals surface area contributed by atoms with Gasteiger partial charge >= 0.3 is 17.9 Å². The molecule has 1 unspecified atom stereocenters. The van der Waals surface area contributed by atoms with Crippen LogP contribution in [0.5, 0.6) is 0 Å². The minimum atomic E-state index is -0.809. The summed E-state index contributed by atoms with van der Waals surface area (Å²) in [4.78, 5) is 38.1. The van der Waals surface area contributed by atoms with E-state index in [2.05, 4.69) is 154 Å². The quantitative estimate of drug-likeness (QED) is 0.0262. The Kier molecular flexibility index (Phi) is 53.5. The van der Waals surface area contributed by atoms with Gasteiger partial charge in [-0.05, 0) is 128 Å². The highest BCUT2D eigenvalue weighted by atomic mass is 16.6. The van der Waals surface area contributed by atoms with Gasteiger partial charge in [-0.2, -0.15) is 0 Å². The first-order chi connectivity index (χ1) is 34.5. The largest absolute Gasteiger partial charge is 0.462 e. The predicted octanol–water partition coefficient (Wildman–Crippen LogP) is 19.0. The predicted molar refractivity (Wildman–Crippen MR) is 302 cm³/mol. The van der Waals surface area contributed by atoms with Gasteiger partial charge in [0.2, 0.25) is 0 Å². The first kappa shape index (κ1) is 65.5. The van der Waals surface area contributed by atoms with E-state index in [9.17, 15) is 14.4 Å². The van der Waals surface area contributed by atoms with Gasteiger partial charge in [-0.25, -0.2) is 0 Å². The van der Waals surface area contributed by atoms with Crippen LogP contribution in [-0.4, -0.2) is 37.2 Å². The second-order valence-electron chi connectivity index (χ2n) is 18.1. The zero-order valence-corrected chi connectivity index (χ0v) is 45.0. The number of hydrogen-bond donors (Lipinski definition) is 0. The first-order valence-electron chi connectivity index (χ1n) is 28.2. The minimum absolute atomic E-state index is 0.106. The Hall–Kier alpha value is -4.45. The van der Waals surface area contributed by atoms with Crippen molar-refractivity contribution in [1.82, 2.24) is 0 Å². The molecular weight excluding hydrogens is 865 g/mol. The number of esters is 3. The second kappa shape index (κ2) is 57.1. The zero-order chi connectivity index (χ0) is 50.7. The summed E-state index contributed by atoms with van der Waals surface area (Å²) in [6.07, 6.45) is 80.1. The van der Waals surface area contributed by atoms with Gasteiger partial charge in [-0.3, -0.25) is 14.4 Å². The Morgan fingerprint density at radius 3 is 0.886 bits per heavy atom. The summed E-state index contributed by atoms with van der Waals surface area (Å²) in [5.74, 6) is -0.969. The van der Waals surface area contributed by atoms with E-state index in [-0.39, 0.29) is 31.1 Å². The van der Waals surface area contributed by atoms with Crippen molar-refractivity contribution in [3.63, 3.8) is 0 Å². The van der Waals surface area contributed by atoms with Crippen molar-refractivity contribution in [3.8, 4) is 0 Å². The van der Waals surface area contributed by atoms with E-state index in [4.69, 9.17) is 14.2 Å². The van der Waals surface area contributed by atoms with Gasteiger partial charge in [-0.1, -0.05) is 219 Å². The van der Waals surface area contributed by atoms with E-state index in [1.165, 1.54) is 32.1 Å². The molecule has 0 heterocycles. The summed E-state index contributed by atoms with van der Waals surface area (Å²) in [7, 11) is 0. The summed E-state index contributed by atoms with van der Waals surface area (Å²) in [6, 6.07) is 0. The van der Waals surface area contributed by atoms with Crippen LogP contribution in [0.2, 0.25) is 0 Å². The summed E-state index contributed by atoms with van der Waals surface area (Å²) < 4.78 is 16.8. The molecule has 0 N–H and O–H groups in total. The van der Waals surface area contributed by atoms with Crippen LogP contribution in [0.3, 0.4) is 0 Å². The van der Waals surface area contributed by atoms with E-state index in [1.807, 2.05) is 0 Å². The lowest BCUT2D eigenvalue weighted by Crippen LogP contribution is -2.30. The Morgan fingerprint density at radius 2 is 0.557 bits per heavy atom. The molecule has 70 heavy (non-hydrogen) atoms. The Balaban J connectivity index is 4.42. The van der Waals surface area contributed by atoms with Gasteiger partial charge in [0.1, 0.15) is 13.2 Å². The maximum atomic E-state index is 12.8. The lowest BCUT2D eigenvalue weighted by Gasteiger charge is -2.18. The fraction of sp³-hybridized carbons (Fsp3) is 0.609. The van der Waals surface area contributed by atoms with Crippen LogP contribution in [0, 0.1) is 0 Å². The fourth-order valence-corrected chi connectivity index (χ4v) is 7.18. The molecule has 0 rings (SSSR count). The van der Waals surface area contributed by atoms with Crippen LogP contribution in [0.25, 0.3) is 0 Å². The Morgan fingerprint density at radius 1 is 0.300 bits per heavy atom. The molecule has 0 aliphatic rings. The average Bonchev–Trinajstić information content (AvgIpc) is 3.36. The minimum Gasteiger partial charge on any atom is -0.462 e. The van der Waals surface area contributed by atoms with Crippen molar-refractivity contribution >= 4 is 17.9 Å². The van der Waals surface area contributed by atoms with Gasteiger partial charge in [0.05, 0.1) is 0 Å². The van der Waals surface area contributed by atoms with Gasteiger partial charge < -0.3 is 14.2 Å². The van der Waals surface area contributed by atoms with Gasteiger partial charge in [0.25, 0.3) is 0 Å². The summed E-state index contributed by atoms with van der Waals surface area (Å²) >= 11 is 0. The van der Waals surface area contributed by atoms with Crippen LogP contribution in [-0.2, 0) is 28.6 Å².